The van der Waals surface area contributed by atoms with Gasteiger partial charge >= 0.3 is 5.97 Å². The molecule has 0 fully saturated rings. The molecule has 2 aromatic heterocycles. The van der Waals surface area contributed by atoms with E-state index < -0.39 is 11.4 Å². The topological polar surface area (TPSA) is 91.5 Å². The first-order chi connectivity index (χ1) is 13.1. The highest BCUT2D eigenvalue weighted by molar-refractivity contribution is 7.98. The number of hydrogen-bond donors (Lipinski definition) is 0. The summed E-state index contributed by atoms with van der Waals surface area (Å²) in [7, 11) is 0. The summed E-state index contributed by atoms with van der Waals surface area (Å²) in [5.41, 5.74) is 0.448. The zero-order valence-corrected chi connectivity index (χ0v) is 15.3. The quantitative estimate of drug-likeness (QED) is 0.349. The molecule has 2 heterocycles. The summed E-state index contributed by atoms with van der Waals surface area (Å²) >= 11 is 1.33. The SMILES string of the molecule is Cc1ccccc1OCC(=O)Oc1coc(CSc2ncccn2)cc1=O. The van der Waals surface area contributed by atoms with Crippen LogP contribution in [0.3, 0.4) is 0 Å². The molecule has 8 heteroatoms. The molecule has 0 aliphatic carbocycles. The average molecular weight is 384 g/mol. The Morgan fingerprint density at radius 1 is 1.15 bits per heavy atom. The van der Waals surface area contributed by atoms with Crippen LogP contribution in [0.5, 0.6) is 11.5 Å². The normalized spacial score (nSPS) is 10.4. The van der Waals surface area contributed by atoms with Crippen LogP contribution in [-0.2, 0) is 10.5 Å². The van der Waals surface area contributed by atoms with Crippen molar-refractivity contribution in [2.24, 2.45) is 0 Å². The minimum Gasteiger partial charge on any atom is -0.482 e. The van der Waals surface area contributed by atoms with Crippen LogP contribution in [-0.4, -0.2) is 22.5 Å². The second-order valence-corrected chi connectivity index (χ2v) is 6.37. The Labute approximate surface area is 159 Å². The zero-order valence-electron chi connectivity index (χ0n) is 14.5. The second kappa shape index (κ2) is 9.00. The number of nitrogens with zero attached hydrogens (tertiary/aromatic N) is 2. The van der Waals surface area contributed by atoms with Gasteiger partial charge in [-0.3, -0.25) is 4.79 Å². The van der Waals surface area contributed by atoms with Gasteiger partial charge in [0.25, 0.3) is 0 Å². The highest BCUT2D eigenvalue weighted by Gasteiger charge is 2.12. The lowest BCUT2D eigenvalue weighted by Crippen LogP contribution is -2.21. The molecule has 0 spiro atoms. The van der Waals surface area contributed by atoms with Crippen LogP contribution in [0.15, 0.2) is 69.4 Å². The maximum atomic E-state index is 12.1. The summed E-state index contributed by atoms with van der Waals surface area (Å²) < 4.78 is 15.8. The Balaban J connectivity index is 1.55. The maximum Gasteiger partial charge on any atom is 0.349 e. The van der Waals surface area contributed by atoms with Crippen molar-refractivity contribution in [2.45, 2.75) is 17.8 Å². The summed E-state index contributed by atoms with van der Waals surface area (Å²) in [5.74, 6) is 0.512. The van der Waals surface area contributed by atoms with E-state index in [2.05, 4.69) is 9.97 Å². The zero-order chi connectivity index (χ0) is 19.1. The average Bonchev–Trinajstić information content (AvgIpc) is 2.68. The predicted molar refractivity (Wildman–Crippen MR) is 98.9 cm³/mol. The van der Waals surface area contributed by atoms with Crippen LogP contribution in [0.4, 0.5) is 0 Å². The Bertz CT molecular complexity index is 975. The molecule has 0 unspecified atom stereocenters. The minimum absolute atomic E-state index is 0.182. The summed E-state index contributed by atoms with van der Waals surface area (Å²) in [5, 5.41) is 0.573. The molecule has 0 saturated carbocycles. The fraction of sp³-hybridized carbons (Fsp3) is 0.158. The van der Waals surface area contributed by atoms with Crippen molar-refractivity contribution in [1.82, 2.24) is 9.97 Å². The van der Waals surface area contributed by atoms with Gasteiger partial charge in [-0.1, -0.05) is 30.0 Å². The number of hydrogen-bond acceptors (Lipinski definition) is 8. The third-order valence-electron chi connectivity index (χ3n) is 3.40. The largest absolute Gasteiger partial charge is 0.482 e. The maximum absolute atomic E-state index is 12.1. The van der Waals surface area contributed by atoms with Gasteiger partial charge in [0, 0.05) is 18.5 Å². The first-order valence-corrected chi connectivity index (χ1v) is 9.01. The molecule has 0 saturated heterocycles. The molecular formula is C19H16N2O5S. The number of benzene rings is 1. The van der Waals surface area contributed by atoms with Crippen LogP contribution in [0.2, 0.25) is 0 Å². The summed E-state index contributed by atoms with van der Waals surface area (Å²) in [6.07, 6.45) is 4.38. The van der Waals surface area contributed by atoms with Crippen LogP contribution in [0.1, 0.15) is 11.3 Å². The number of rotatable bonds is 7. The number of aromatic nitrogens is 2. The van der Waals surface area contributed by atoms with Crippen molar-refractivity contribution in [3.05, 3.63) is 76.6 Å². The number of carbonyl (C=O) groups is 1. The van der Waals surface area contributed by atoms with E-state index >= 15 is 0 Å². The Morgan fingerprint density at radius 2 is 1.93 bits per heavy atom. The molecule has 138 valence electrons. The highest BCUT2D eigenvalue weighted by atomic mass is 32.2. The molecule has 0 aliphatic rings. The number of carbonyl (C=O) groups excluding carboxylic acids is 1. The van der Waals surface area contributed by atoms with E-state index in [-0.39, 0.29) is 12.4 Å². The van der Waals surface area contributed by atoms with Crippen molar-refractivity contribution in [1.29, 1.82) is 0 Å². The lowest BCUT2D eigenvalue weighted by molar-refractivity contribution is -0.136. The number of thioether (sulfide) groups is 1. The van der Waals surface area contributed by atoms with E-state index in [0.717, 1.165) is 11.8 Å². The van der Waals surface area contributed by atoms with Gasteiger partial charge in [0.2, 0.25) is 11.2 Å². The molecular weight excluding hydrogens is 368 g/mol. The van der Waals surface area contributed by atoms with E-state index in [1.165, 1.54) is 17.8 Å². The van der Waals surface area contributed by atoms with Crippen LogP contribution < -0.4 is 14.9 Å². The van der Waals surface area contributed by atoms with Gasteiger partial charge in [-0.15, -0.1) is 0 Å². The smallest absolute Gasteiger partial charge is 0.349 e. The molecule has 0 atom stereocenters. The highest BCUT2D eigenvalue weighted by Crippen LogP contribution is 2.19. The minimum atomic E-state index is -0.689. The molecule has 0 amide bonds. The van der Waals surface area contributed by atoms with Gasteiger partial charge in [-0.25, -0.2) is 14.8 Å². The Kier molecular flexibility index (Phi) is 6.22. The van der Waals surface area contributed by atoms with Gasteiger partial charge in [0.1, 0.15) is 17.8 Å². The standard InChI is InChI=1S/C19H16N2O5S/c1-13-5-2-3-6-16(13)25-11-18(23)26-17-10-24-14(9-15(17)22)12-27-19-20-7-4-8-21-19/h2-10H,11-12H2,1H3. The van der Waals surface area contributed by atoms with Crippen LogP contribution in [0.25, 0.3) is 0 Å². The molecule has 7 nitrogen and oxygen atoms in total. The molecule has 0 radical (unpaired) electrons. The molecule has 1 aromatic carbocycles. The number of ether oxygens (including phenoxy) is 2. The van der Waals surface area contributed by atoms with E-state index in [9.17, 15) is 9.59 Å². The van der Waals surface area contributed by atoms with E-state index in [1.54, 1.807) is 30.6 Å². The first kappa shape index (κ1) is 18.7. The van der Waals surface area contributed by atoms with Crippen LogP contribution >= 0.6 is 11.8 Å². The van der Waals surface area contributed by atoms with Crippen molar-refractivity contribution < 1.29 is 18.7 Å². The van der Waals surface area contributed by atoms with E-state index in [4.69, 9.17) is 13.9 Å². The lowest BCUT2D eigenvalue weighted by Gasteiger charge is -2.08. The molecule has 0 aliphatic heterocycles. The monoisotopic (exact) mass is 384 g/mol. The summed E-state index contributed by atoms with van der Waals surface area (Å²) in [4.78, 5) is 32.1. The van der Waals surface area contributed by atoms with Gasteiger partial charge in [0.15, 0.2) is 11.8 Å². The lowest BCUT2D eigenvalue weighted by atomic mass is 10.2. The van der Waals surface area contributed by atoms with Crippen LogP contribution in [0, 0.1) is 6.92 Å². The van der Waals surface area contributed by atoms with Crippen molar-refractivity contribution in [3.63, 3.8) is 0 Å². The third-order valence-corrected chi connectivity index (χ3v) is 4.30. The van der Waals surface area contributed by atoms with Crippen molar-refractivity contribution in [3.8, 4) is 11.5 Å². The van der Waals surface area contributed by atoms with Crippen molar-refractivity contribution in [2.75, 3.05) is 6.61 Å². The van der Waals surface area contributed by atoms with Gasteiger partial charge in [-0.05, 0) is 24.6 Å². The molecule has 0 bridgehead atoms. The second-order valence-electron chi connectivity index (χ2n) is 5.42. The molecule has 3 aromatic rings. The third kappa shape index (κ3) is 5.42. The summed E-state index contributed by atoms with van der Waals surface area (Å²) in [6.45, 7) is 1.56. The first-order valence-electron chi connectivity index (χ1n) is 8.02. The summed E-state index contributed by atoms with van der Waals surface area (Å²) in [6, 6.07) is 10.3. The molecule has 0 N–H and O–H groups in total. The molecule has 27 heavy (non-hydrogen) atoms. The molecule has 3 rings (SSSR count). The Hall–Kier alpha value is -3.13. The number of esters is 1. The van der Waals surface area contributed by atoms with Gasteiger partial charge < -0.3 is 13.9 Å². The van der Waals surface area contributed by atoms with Crippen molar-refractivity contribution >= 4 is 17.7 Å². The van der Waals surface area contributed by atoms with Gasteiger partial charge in [-0.2, -0.15) is 0 Å². The fourth-order valence-electron chi connectivity index (χ4n) is 2.09. The van der Waals surface area contributed by atoms with Gasteiger partial charge in [0.05, 0.1) is 5.75 Å². The predicted octanol–water partition coefficient (Wildman–Crippen LogP) is 3.01. The van der Waals surface area contributed by atoms with E-state index in [1.807, 2.05) is 19.1 Å². The Morgan fingerprint density at radius 3 is 2.67 bits per heavy atom. The number of para-hydroxylation sites is 1. The number of aryl methyl sites for hydroxylation is 1. The fourth-order valence-corrected chi connectivity index (χ4v) is 2.78. The van der Waals surface area contributed by atoms with E-state index in [0.29, 0.717) is 22.4 Å².